The number of benzene rings is 3. The topological polar surface area (TPSA) is 56.1 Å². The molecule has 31 heavy (non-hydrogen) atoms. The van der Waals surface area contributed by atoms with Crippen molar-refractivity contribution in [1.29, 1.82) is 0 Å². The van der Waals surface area contributed by atoms with Crippen molar-refractivity contribution in [3.63, 3.8) is 0 Å². The molecule has 1 aliphatic rings. The smallest absolute Gasteiger partial charge is 0.167 e. The van der Waals surface area contributed by atoms with E-state index in [0.29, 0.717) is 6.61 Å². The molecule has 158 valence electrons. The van der Waals surface area contributed by atoms with Crippen LogP contribution in [-0.2, 0) is 0 Å². The number of ether oxygens (including phenoxy) is 1. The molecule has 0 atom stereocenters. The van der Waals surface area contributed by atoms with Crippen molar-refractivity contribution in [3.05, 3.63) is 51.4 Å². The second-order valence-electron chi connectivity index (χ2n) is 8.12. The Balaban J connectivity index is 1.53. The van der Waals surface area contributed by atoms with Crippen LogP contribution in [0.25, 0.3) is 43.6 Å². The van der Waals surface area contributed by atoms with E-state index < -0.39 is 0 Å². The number of piperazine rings is 1. The lowest BCUT2D eigenvalue weighted by Gasteiger charge is -2.27. The van der Waals surface area contributed by atoms with Crippen molar-refractivity contribution in [1.82, 2.24) is 20.2 Å². The van der Waals surface area contributed by atoms with Crippen LogP contribution in [0.5, 0.6) is 5.75 Å². The SMILES string of the molecule is Brc1ccc2[nH]c3c(OCCN4CCNCC4)c4[nH]c5ccc(Br)cc5c4cc3c2c1. The average molecular weight is 542 g/mol. The maximum atomic E-state index is 6.51. The number of aromatic amines is 2. The van der Waals surface area contributed by atoms with Crippen molar-refractivity contribution in [2.45, 2.75) is 0 Å². The number of hydrogen-bond acceptors (Lipinski definition) is 3. The second kappa shape index (κ2) is 7.81. The van der Waals surface area contributed by atoms with Crippen molar-refractivity contribution in [2.24, 2.45) is 0 Å². The maximum absolute atomic E-state index is 6.51. The van der Waals surface area contributed by atoms with Crippen molar-refractivity contribution >= 4 is 75.5 Å². The minimum atomic E-state index is 0.659. The van der Waals surface area contributed by atoms with Gasteiger partial charge in [-0.25, -0.2) is 0 Å². The molecule has 6 rings (SSSR count). The summed E-state index contributed by atoms with van der Waals surface area (Å²) in [4.78, 5) is 9.68. The van der Waals surface area contributed by atoms with Gasteiger partial charge in [0.1, 0.15) is 6.61 Å². The molecular weight excluding hydrogens is 520 g/mol. The molecule has 0 aliphatic carbocycles. The van der Waals surface area contributed by atoms with Gasteiger partial charge < -0.3 is 20.0 Å². The summed E-state index contributed by atoms with van der Waals surface area (Å²) in [7, 11) is 0. The molecule has 7 heteroatoms. The van der Waals surface area contributed by atoms with Crippen LogP contribution in [0.3, 0.4) is 0 Å². The van der Waals surface area contributed by atoms with Gasteiger partial charge in [-0.1, -0.05) is 31.9 Å². The summed E-state index contributed by atoms with van der Waals surface area (Å²) < 4.78 is 8.65. The fraction of sp³-hybridized carbons (Fsp3) is 0.250. The van der Waals surface area contributed by atoms with Gasteiger partial charge in [-0.3, -0.25) is 4.90 Å². The van der Waals surface area contributed by atoms with Gasteiger partial charge >= 0.3 is 0 Å². The average Bonchev–Trinajstić information content (AvgIpc) is 3.32. The lowest BCUT2D eigenvalue weighted by atomic mass is 10.1. The third-order valence-electron chi connectivity index (χ3n) is 6.21. The number of halogens is 2. The molecule has 0 amide bonds. The van der Waals surface area contributed by atoms with Gasteiger partial charge in [-0.15, -0.1) is 0 Å². The van der Waals surface area contributed by atoms with Crippen molar-refractivity contribution < 1.29 is 4.74 Å². The third kappa shape index (κ3) is 3.44. The molecule has 5 aromatic rings. The Kier molecular flexibility index (Phi) is 4.94. The molecule has 3 N–H and O–H groups in total. The Morgan fingerprint density at radius 2 is 1.35 bits per heavy atom. The van der Waals surface area contributed by atoms with E-state index in [0.717, 1.165) is 69.5 Å². The summed E-state index contributed by atoms with van der Waals surface area (Å²) in [6.07, 6.45) is 0. The Morgan fingerprint density at radius 3 is 1.94 bits per heavy atom. The molecule has 1 fully saturated rings. The first-order valence-electron chi connectivity index (χ1n) is 10.6. The molecular formula is C24H22Br2N4O. The van der Waals surface area contributed by atoms with Crippen LogP contribution in [0.2, 0.25) is 0 Å². The summed E-state index contributed by atoms with van der Waals surface area (Å²) in [6.45, 7) is 5.83. The van der Waals surface area contributed by atoms with Crippen LogP contribution in [0.4, 0.5) is 0 Å². The largest absolute Gasteiger partial charge is 0.488 e. The third-order valence-corrected chi connectivity index (χ3v) is 7.19. The second-order valence-corrected chi connectivity index (χ2v) is 9.95. The first-order valence-corrected chi connectivity index (χ1v) is 12.2. The van der Waals surface area contributed by atoms with Gasteiger partial charge in [0.25, 0.3) is 0 Å². The van der Waals surface area contributed by atoms with E-state index in [2.05, 4.69) is 94.5 Å². The lowest BCUT2D eigenvalue weighted by Crippen LogP contribution is -2.44. The molecule has 1 aliphatic heterocycles. The Morgan fingerprint density at radius 1 is 0.774 bits per heavy atom. The highest BCUT2D eigenvalue weighted by molar-refractivity contribution is 9.10. The van der Waals surface area contributed by atoms with Gasteiger partial charge in [0.15, 0.2) is 5.75 Å². The number of nitrogens with one attached hydrogen (secondary N) is 3. The summed E-state index contributed by atoms with van der Waals surface area (Å²) in [5, 5.41) is 8.17. The van der Waals surface area contributed by atoms with Gasteiger partial charge in [0.2, 0.25) is 0 Å². The van der Waals surface area contributed by atoms with E-state index >= 15 is 0 Å². The summed E-state index contributed by atoms with van der Waals surface area (Å²) in [6, 6.07) is 15.0. The van der Waals surface area contributed by atoms with Gasteiger partial charge in [-0.2, -0.15) is 0 Å². The monoisotopic (exact) mass is 540 g/mol. The zero-order chi connectivity index (χ0) is 20.9. The van der Waals surface area contributed by atoms with Crippen LogP contribution in [0.15, 0.2) is 51.4 Å². The summed E-state index contributed by atoms with van der Waals surface area (Å²) >= 11 is 7.26. The Bertz CT molecular complexity index is 1340. The van der Waals surface area contributed by atoms with Crippen molar-refractivity contribution in [2.75, 3.05) is 39.3 Å². The number of hydrogen-bond donors (Lipinski definition) is 3. The minimum absolute atomic E-state index is 0.659. The number of aromatic nitrogens is 2. The Labute approximate surface area is 196 Å². The number of rotatable bonds is 4. The van der Waals surface area contributed by atoms with Crippen molar-refractivity contribution in [3.8, 4) is 5.75 Å². The van der Waals surface area contributed by atoms with Crippen LogP contribution < -0.4 is 10.1 Å². The lowest BCUT2D eigenvalue weighted by molar-refractivity contribution is 0.193. The van der Waals surface area contributed by atoms with Gasteiger partial charge in [-0.05, 0) is 42.5 Å². The van der Waals surface area contributed by atoms with Crippen LogP contribution in [0, 0.1) is 0 Å². The van der Waals surface area contributed by atoms with Gasteiger partial charge in [0, 0.05) is 74.2 Å². The molecule has 1 saturated heterocycles. The first kappa shape index (κ1) is 19.6. The number of fused-ring (bicyclic) bond motifs is 6. The molecule has 0 unspecified atom stereocenters. The summed E-state index contributed by atoms with van der Waals surface area (Å²) in [5.41, 5.74) is 4.32. The number of H-pyrrole nitrogens is 2. The van der Waals surface area contributed by atoms with E-state index in [-0.39, 0.29) is 0 Å². The molecule has 5 nitrogen and oxygen atoms in total. The highest BCUT2D eigenvalue weighted by Crippen LogP contribution is 2.41. The zero-order valence-electron chi connectivity index (χ0n) is 16.9. The molecule has 3 heterocycles. The van der Waals surface area contributed by atoms with E-state index in [1.165, 1.54) is 21.5 Å². The standard InChI is InChI=1S/C24H22Br2N4O/c25-14-1-3-20-16(11-14)18-13-19-17-12-15(26)2-4-21(17)29-23(19)24(22(18)28-20)31-10-9-30-7-5-27-6-8-30/h1-4,11-13,27-29H,5-10H2. The Hall–Kier alpha value is -2.06. The van der Waals surface area contributed by atoms with Gasteiger partial charge in [0.05, 0.1) is 11.0 Å². The van der Waals surface area contributed by atoms with Crippen LogP contribution in [-0.4, -0.2) is 54.2 Å². The zero-order valence-corrected chi connectivity index (χ0v) is 20.1. The van der Waals surface area contributed by atoms with E-state index in [9.17, 15) is 0 Å². The molecule has 0 saturated carbocycles. The summed E-state index contributed by atoms with van der Waals surface area (Å²) in [5.74, 6) is 0.905. The molecule has 0 bridgehead atoms. The van der Waals surface area contributed by atoms with E-state index in [4.69, 9.17) is 4.74 Å². The molecule has 3 aromatic carbocycles. The normalized spacial score (nSPS) is 15.5. The predicted molar refractivity (Wildman–Crippen MR) is 135 cm³/mol. The molecule has 0 spiro atoms. The van der Waals surface area contributed by atoms with E-state index in [1.807, 2.05) is 0 Å². The number of nitrogens with zero attached hydrogens (tertiary/aromatic N) is 1. The van der Waals surface area contributed by atoms with E-state index in [1.54, 1.807) is 0 Å². The fourth-order valence-electron chi connectivity index (χ4n) is 4.65. The van der Waals surface area contributed by atoms with Crippen LogP contribution >= 0.6 is 31.9 Å². The van der Waals surface area contributed by atoms with Crippen LogP contribution in [0.1, 0.15) is 0 Å². The first-order chi connectivity index (χ1) is 15.2. The fourth-order valence-corrected chi connectivity index (χ4v) is 5.38. The minimum Gasteiger partial charge on any atom is -0.488 e. The molecule has 2 aromatic heterocycles. The predicted octanol–water partition coefficient (Wildman–Crippen LogP) is 5.76. The quantitative estimate of drug-likeness (QED) is 0.271. The molecule has 0 radical (unpaired) electrons. The highest BCUT2D eigenvalue weighted by Gasteiger charge is 2.18. The highest BCUT2D eigenvalue weighted by atomic mass is 79.9. The maximum Gasteiger partial charge on any atom is 0.167 e.